The van der Waals surface area contributed by atoms with E-state index < -0.39 is 28.7 Å². The molecule has 0 fully saturated rings. The van der Waals surface area contributed by atoms with Crippen LogP contribution in [0.2, 0.25) is 0 Å². The van der Waals surface area contributed by atoms with Gasteiger partial charge in [0, 0.05) is 18.2 Å². The molecule has 0 aliphatic carbocycles. The van der Waals surface area contributed by atoms with Gasteiger partial charge in [-0.05, 0) is 30.7 Å². The molecule has 0 unspecified atom stereocenters. The van der Waals surface area contributed by atoms with Crippen LogP contribution in [0, 0.1) is 5.82 Å². The van der Waals surface area contributed by atoms with Crippen LogP contribution in [0.15, 0.2) is 53.5 Å². The Morgan fingerprint density at radius 2 is 1.92 bits per heavy atom. The van der Waals surface area contributed by atoms with Gasteiger partial charge in [-0.3, -0.25) is 9.20 Å². The molecule has 0 atom stereocenters. The molecule has 0 saturated heterocycles. The fraction of sp³-hybridized carbons (Fsp3) is 0.158. The lowest BCUT2D eigenvalue weighted by Gasteiger charge is -2.13. The summed E-state index contributed by atoms with van der Waals surface area (Å²) in [5, 5.41) is 10.4. The van der Waals surface area contributed by atoms with E-state index in [4.69, 9.17) is 4.74 Å². The molecule has 128 valence electrons. The van der Waals surface area contributed by atoms with E-state index in [1.165, 1.54) is 16.7 Å². The number of aromatic hydroxyl groups is 1. The number of nitrogens with zero attached hydrogens (tertiary/aromatic N) is 1. The number of ether oxygens (including phenoxy) is 1. The van der Waals surface area contributed by atoms with E-state index in [1.807, 2.05) is 0 Å². The molecule has 0 spiro atoms. The minimum absolute atomic E-state index is 0.00823. The van der Waals surface area contributed by atoms with Gasteiger partial charge in [0.2, 0.25) is 11.3 Å². The molecule has 3 rings (SSSR count). The van der Waals surface area contributed by atoms with Crippen LogP contribution < -0.4 is 5.43 Å². The highest BCUT2D eigenvalue weighted by Crippen LogP contribution is 2.22. The van der Waals surface area contributed by atoms with Gasteiger partial charge in [-0.1, -0.05) is 24.3 Å². The SMILES string of the molecule is CCOC(=O)c1c(O)n2ccccc2c(Cc2ccccc2F)c1=O. The van der Waals surface area contributed by atoms with Crippen LogP contribution in [0.5, 0.6) is 5.88 Å². The zero-order chi connectivity index (χ0) is 18.0. The number of hydrogen-bond acceptors (Lipinski definition) is 4. The predicted octanol–water partition coefficient (Wildman–Crippen LogP) is 2.91. The Bertz CT molecular complexity index is 1010. The van der Waals surface area contributed by atoms with Crippen molar-refractivity contribution in [1.82, 2.24) is 4.40 Å². The Morgan fingerprint density at radius 1 is 1.20 bits per heavy atom. The van der Waals surface area contributed by atoms with Crippen molar-refractivity contribution >= 4 is 11.5 Å². The van der Waals surface area contributed by atoms with Crippen LogP contribution in [0.1, 0.15) is 28.4 Å². The number of esters is 1. The molecule has 2 aromatic heterocycles. The van der Waals surface area contributed by atoms with E-state index in [9.17, 15) is 19.1 Å². The fourth-order valence-corrected chi connectivity index (χ4v) is 2.75. The molecule has 5 nitrogen and oxygen atoms in total. The molecular weight excluding hydrogens is 325 g/mol. The number of benzene rings is 1. The zero-order valence-corrected chi connectivity index (χ0v) is 13.5. The Morgan fingerprint density at radius 3 is 2.64 bits per heavy atom. The third kappa shape index (κ3) is 2.98. The van der Waals surface area contributed by atoms with Crippen LogP contribution >= 0.6 is 0 Å². The molecule has 0 aliphatic rings. The minimum atomic E-state index is -0.905. The van der Waals surface area contributed by atoms with Gasteiger partial charge in [0.15, 0.2) is 5.56 Å². The van der Waals surface area contributed by atoms with Gasteiger partial charge in [-0.25, -0.2) is 9.18 Å². The van der Waals surface area contributed by atoms with Gasteiger partial charge in [0.25, 0.3) is 0 Å². The van der Waals surface area contributed by atoms with Gasteiger partial charge in [0.05, 0.1) is 12.1 Å². The van der Waals surface area contributed by atoms with E-state index in [0.29, 0.717) is 11.1 Å². The van der Waals surface area contributed by atoms with E-state index in [1.54, 1.807) is 43.3 Å². The normalized spacial score (nSPS) is 10.8. The first-order valence-electron chi connectivity index (χ1n) is 7.80. The van der Waals surface area contributed by atoms with Crippen LogP contribution in [-0.2, 0) is 11.2 Å². The second-order valence-electron chi connectivity index (χ2n) is 5.45. The van der Waals surface area contributed by atoms with Gasteiger partial charge in [0.1, 0.15) is 5.82 Å². The Kier molecular flexibility index (Phi) is 4.52. The quantitative estimate of drug-likeness (QED) is 0.741. The first-order chi connectivity index (χ1) is 12.0. The van der Waals surface area contributed by atoms with Crippen molar-refractivity contribution in [3.63, 3.8) is 0 Å². The summed E-state index contributed by atoms with van der Waals surface area (Å²) in [6, 6.07) is 11.1. The lowest BCUT2D eigenvalue weighted by atomic mass is 10.0. The smallest absolute Gasteiger partial charge is 0.347 e. The summed E-state index contributed by atoms with van der Waals surface area (Å²) in [5.41, 5.74) is -0.166. The second-order valence-corrected chi connectivity index (χ2v) is 5.45. The lowest BCUT2D eigenvalue weighted by molar-refractivity contribution is 0.0520. The molecule has 25 heavy (non-hydrogen) atoms. The second kappa shape index (κ2) is 6.76. The zero-order valence-electron chi connectivity index (χ0n) is 13.5. The van der Waals surface area contributed by atoms with Crippen molar-refractivity contribution in [2.24, 2.45) is 0 Å². The summed E-state index contributed by atoms with van der Waals surface area (Å²) in [5.74, 6) is -1.84. The van der Waals surface area contributed by atoms with Crippen molar-refractivity contribution in [1.29, 1.82) is 0 Å². The maximum atomic E-state index is 14.0. The number of rotatable bonds is 4. The fourth-order valence-electron chi connectivity index (χ4n) is 2.75. The van der Waals surface area contributed by atoms with E-state index in [2.05, 4.69) is 0 Å². The highest BCUT2D eigenvalue weighted by molar-refractivity contribution is 5.93. The maximum Gasteiger partial charge on any atom is 0.347 e. The molecule has 1 N–H and O–H groups in total. The van der Waals surface area contributed by atoms with Gasteiger partial charge in [-0.15, -0.1) is 0 Å². The number of carbonyl (C=O) groups is 1. The molecule has 3 aromatic rings. The van der Waals surface area contributed by atoms with Crippen LogP contribution in [0.4, 0.5) is 4.39 Å². The molecule has 6 heteroatoms. The average Bonchev–Trinajstić information content (AvgIpc) is 2.60. The topological polar surface area (TPSA) is 68.0 Å². The summed E-state index contributed by atoms with van der Waals surface area (Å²) in [6.45, 7) is 1.67. The van der Waals surface area contributed by atoms with Crippen LogP contribution in [0.25, 0.3) is 5.52 Å². The number of hydrogen-bond donors (Lipinski definition) is 1. The lowest BCUT2D eigenvalue weighted by Crippen LogP contribution is -2.23. The monoisotopic (exact) mass is 341 g/mol. The van der Waals surface area contributed by atoms with Gasteiger partial charge in [-0.2, -0.15) is 0 Å². The summed E-state index contributed by atoms with van der Waals surface area (Å²) < 4.78 is 20.2. The molecule has 1 aromatic carbocycles. The average molecular weight is 341 g/mol. The summed E-state index contributed by atoms with van der Waals surface area (Å²) >= 11 is 0. The molecular formula is C19H16FNO4. The Labute approximate surface area is 142 Å². The highest BCUT2D eigenvalue weighted by Gasteiger charge is 2.24. The van der Waals surface area contributed by atoms with Gasteiger partial charge < -0.3 is 9.84 Å². The largest absolute Gasteiger partial charge is 0.493 e. The van der Waals surface area contributed by atoms with Crippen LogP contribution in [-0.4, -0.2) is 22.1 Å². The Balaban J connectivity index is 2.28. The number of carbonyl (C=O) groups excluding carboxylic acids is 1. The Hall–Kier alpha value is -3.15. The number of halogens is 1. The third-order valence-corrected chi connectivity index (χ3v) is 3.93. The molecule has 2 heterocycles. The summed E-state index contributed by atoms with van der Waals surface area (Å²) in [4.78, 5) is 25.0. The summed E-state index contributed by atoms with van der Waals surface area (Å²) in [6.07, 6.45) is 1.52. The first-order valence-corrected chi connectivity index (χ1v) is 7.80. The van der Waals surface area contributed by atoms with Crippen molar-refractivity contribution in [3.05, 3.63) is 81.4 Å². The van der Waals surface area contributed by atoms with Gasteiger partial charge >= 0.3 is 5.97 Å². The molecule has 0 saturated carbocycles. The molecule has 0 aliphatic heterocycles. The van der Waals surface area contributed by atoms with E-state index in [-0.39, 0.29) is 18.6 Å². The first kappa shape index (κ1) is 16.7. The maximum absolute atomic E-state index is 14.0. The van der Waals surface area contributed by atoms with Crippen molar-refractivity contribution in [3.8, 4) is 5.88 Å². The molecule has 0 bridgehead atoms. The van der Waals surface area contributed by atoms with Crippen molar-refractivity contribution in [2.75, 3.05) is 6.61 Å². The third-order valence-electron chi connectivity index (χ3n) is 3.93. The van der Waals surface area contributed by atoms with E-state index in [0.717, 1.165) is 0 Å². The van der Waals surface area contributed by atoms with E-state index >= 15 is 0 Å². The number of pyridine rings is 2. The molecule has 0 radical (unpaired) electrons. The predicted molar refractivity (Wildman–Crippen MR) is 90.5 cm³/mol. The number of fused-ring (bicyclic) bond motifs is 1. The minimum Gasteiger partial charge on any atom is -0.493 e. The van der Waals surface area contributed by atoms with Crippen molar-refractivity contribution in [2.45, 2.75) is 13.3 Å². The number of aromatic nitrogens is 1. The highest BCUT2D eigenvalue weighted by atomic mass is 19.1. The molecule has 0 amide bonds. The van der Waals surface area contributed by atoms with Crippen LogP contribution in [0.3, 0.4) is 0 Å². The summed E-state index contributed by atoms with van der Waals surface area (Å²) in [7, 11) is 0. The van der Waals surface area contributed by atoms with Crippen molar-refractivity contribution < 1.29 is 19.0 Å². The standard InChI is InChI=1S/C19H16FNO4/c1-2-25-19(24)16-17(22)13(11-12-7-3-4-8-14(12)20)15-9-5-6-10-21(15)18(16)23/h3-10,23H,2,11H2,1H3.